The van der Waals surface area contributed by atoms with E-state index >= 15 is 0 Å². The van der Waals surface area contributed by atoms with Crippen LogP contribution in [-0.2, 0) is 11.3 Å². The molecule has 2 fully saturated rings. The first kappa shape index (κ1) is 16.3. The number of fused-ring (bicyclic) bond motifs is 1. The van der Waals surface area contributed by atoms with E-state index in [-0.39, 0.29) is 18.1 Å². The quantitative estimate of drug-likeness (QED) is 0.856. The molecule has 0 bridgehead atoms. The van der Waals surface area contributed by atoms with E-state index in [1.165, 1.54) is 5.56 Å². The van der Waals surface area contributed by atoms with Crippen molar-refractivity contribution in [2.75, 3.05) is 26.2 Å². The second-order valence-electron chi connectivity index (χ2n) is 6.78. The maximum absolute atomic E-state index is 12.8. The first-order valence-corrected chi connectivity index (χ1v) is 8.80. The lowest BCUT2D eigenvalue weighted by molar-refractivity contribution is -0.101. The van der Waals surface area contributed by atoms with Gasteiger partial charge in [-0.25, -0.2) is 0 Å². The van der Waals surface area contributed by atoms with Gasteiger partial charge < -0.3 is 14.1 Å². The second kappa shape index (κ2) is 6.98. The molecular formula is C19H23N3O3. The number of morpholine rings is 1. The number of pyridine rings is 1. The number of aryl methyl sites for hydroxylation is 1. The molecule has 0 radical (unpaired) electrons. The average molecular weight is 341 g/mol. The van der Waals surface area contributed by atoms with Gasteiger partial charge in [0.15, 0.2) is 5.76 Å². The zero-order valence-corrected chi connectivity index (χ0v) is 14.4. The molecule has 2 aromatic heterocycles. The van der Waals surface area contributed by atoms with Gasteiger partial charge in [-0.3, -0.25) is 14.7 Å². The Bertz CT molecular complexity index is 731. The minimum atomic E-state index is -0.0205. The number of piperidine rings is 1. The van der Waals surface area contributed by atoms with E-state index in [0.717, 1.165) is 31.7 Å². The predicted molar refractivity (Wildman–Crippen MR) is 92.1 cm³/mol. The minimum Gasteiger partial charge on any atom is -0.459 e. The van der Waals surface area contributed by atoms with Crippen LogP contribution in [0.25, 0.3) is 0 Å². The molecule has 2 aliphatic heterocycles. The Morgan fingerprint density at radius 3 is 3.04 bits per heavy atom. The number of nitrogens with zero attached hydrogens (tertiary/aromatic N) is 3. The number of amides is 1. The largest absolute Gasteiger partial charge is 0.459 e. The van der Waals surface area contributed by atoms with E-state index in [9.17, 15) is 4.79 Å². The van der Waals surface area contributed by atoms with Crippen LogP contribution in [-0.4, -0.2) is 59.1 Å². The number of rotatable bonds is 3. The highest BCUT2D eigenvalue weighted by molar-refractivity contribution is 5.93. The van der Waals surface area contributed by atoms with E-state index in [1.807, 2.05) is 30.2 Å². The van der Waals surface area contributed by atoms with E-state index < -0.39 is 0 Å². The van der Waals surface area contributed by atoms with Crippen molar-refractivity contribution in [1.29, 1.82) is 0 Å². The SMILES string of the molecule is Cc1ccoc1C(=O)N1CC[C@@H]2OCCN(Cc3cccnc3)[C@H]2C1. The first-order valence-electron chi connectivity index (χ1n) is 8.80. The summed E-state index contributed by atoms with van der Waals surface area (Å²) in [6.07, 6.45) is 6.32. The normalized spacial score (nSPS) is 24.1. The Labute approximate surface area is 147 Å². The maximum atomic E-state index is 12.8. The molecule has 2 aliphatic rings. The van der Waals surface area contributed by atoms with Gasteiger partial charge in [0.05, 0.1) is 25.0 Å². The summed E-state index contributed by atoms with van der Waals surface area (Å²) in [5, 5.41) is 0. The van der Waals surface area contributed by atoms with E-state index in [4.69, 9.17) is 9.15 Å². The van der Waals surface area contributed by atoms with Gasteiger partial charge in [-0.15, -0.1) is 0 Å². The Morgan fingerprint density at radius 2 is 2.28 bits per heavy atom. The number of carbonyl (C=O) groups excluding carboxylic acids is 1. The number of ether oxygens (including phenoxy) is 1. The zero-order chi connectivity index (χ0) is 17.2. The number of aromatic nitrogens is 1. The van der Waals surface area contributed by atoms with Gasteiger partial charge >= 0.3 is 0 Å². The summed E-state index contributed by atoms with van der Waals surface area (Å²) in [6, 6.07) is 6.10. The van der Waals surface area contributed by atoms with Crippen LogP contribution in [0.4, 0.5) is 0 Å². The second-order valence-corrected chi connectivity index (χ2v) is 6.78. The molecule has 0 aliphatic carbocycles. The average Bonchev–Trinajstić information content (AvgIpc) is 3.08. The van der Waals surface area contributed by atoms with Crippen LogP contribution in [0.3, 0.4) is 0 Å². The third-order valence-corrected chi connectivity index (χ3v) is 5.15. The molecule has 132 valence electrons. The fourth-order valence-electron chi connectivity index (χ4n) is 3.78. The molecule has 0 N–H and O–H groups in total. The van der Waals surface area contributed by atoms with Crippen LogP contribution in [0.2, 0.25) is 0 Å². The Balaban J connectivity index is 1.49. The van der Waals surface area contributed by atoms with Gasteiger partial charge in [0.1, 0.15) is 0 Å². The van der Waals surface area contributed by atoms with Gasteiger partial charge in [0.2, 0.25) is 0 Å². The Morgan fingerprint density at radius 1 is 1.36 bits per heavy atom. The van der Waals surface area contributed by atoms with Crippen LogP contribution in [0.5, 0.6) is 0 Å². The molecule has 0 saturated carbocycles. The van der Waals surface area contributed by atoms with Crippen LogP contribution in [0.1, 0.15) is 28.1 Å². The lowest BCUT2D eigenvalue weighted by atomic mass is 9.97. The van der Waals surface area contributed by atoms with Gasteiger partial charge in [-0.05, 0) is 31.0 Å². The number of furan rings is 1. The number of hydrogen-bond acceptors (Lipinski definition) is 5. The van der Waals surface area contributed by atoms with E-state index in [0.29, 0.717) is 18.8 Å². The molecule has 1 amide bonds. The van der Waals surface area contributed by atoms with Crippen LogP contribution >= 0.6 is 0 Å². The molecule has 2 atom stereocenters. The lowest BCUT2D eigenvalue weighted by Crippen LogP contribution is -2.60. The highest BCUT2D eigenvalue weighted by atomic mass is 16.5. The van der Waals surface area contributed by atoms with Crippen molar-refractivity contribution >= 4 is 5.91 Å². The van der Waals surface area contributed by atoms with Gasteiger partial charge in [-0.2, -0.15) is 0 Å². The van der Waals surface area contributed by atoms with Gasteiger partial charge in [0.25, 0.3) is 5.91 Å². The van der Waals surface area contributed by atoms with Crippen molar-refractivity contribution < 1.29 is 13.9 Å². The summed E-state index contributed by atoms with van der Waals surface area (Å²) in [7, 11) is 0. The summed E-state index contributed by atoms with van der Waals surface area (Å²) >= 11 is 0. The van der Waals surface area contributed by atoms with Gasteiger partial charge in [-0.1, -0.05) is 6.07 Å². The fraction of sp³-hybridized carbons (Fsp3) is 0.474. The van der Waals surface area contributed by atoms with Crippen molar-refractivity contribution in [3.8, 4) is 0 Å². The maximum Gasteiger partial charge on any atom is 0.289 e. The monoisotopic (exact) mass is 341 g/mol. The Kier molecular flexibility index (Phi) is 4.55. The summed E-state index contributed by atoms with van der Waals surface area (Å²) < 4.78 is 11.4. The molecule has 2 saturated heterocycles. The van der Waals surface area contributed by atoms with Crippen LogP contribution < -0.4 is 0 Å². The summed E-state index contributed by atoms with van der Waals surface area (Å²) in [4.78, 5) is 21.3. The lowest BCUT2D eigenvalue weighted by Gasteiger charge is -2.47. The number of likely N-dealkylation sites (tertiary alicyclic amines) is 1. The minimum absolute atomic E-state index is 0.0205. The van der Waals surface area contributed by atoms with Gasteiger partial charge in [0, 0.05) is 44.1 Å². The summed E-state index contributed by atoms with van der Waals surface area (Å²) in [6.45, 7) is 5.73. The third kappa shape index (κ3) is 3.32. The smallest absolute Gasteiger partial charge is 0.289 e. The highest BCUT2D eigenvalue weighted by Gasteiger charge is 2.39. The molecule has 0 unspecified atom stereocenters. The van der Waals surface area contributed by atoms with Crippen molar-refractivity contribution in [2.24, 2.45) is 0 Å². The molecule has 6 nitrogen and oxygen atoms in total. The summed E-state index contributed by atoms with van der Waals surface area (Å²) in [5.41, 5.74) is 2.08. The molecule has 2 aromatic rings. The Hall–Kier alpha value is -2.18. The van der Waals surface area contributed by atoms with Crippen molar-refractivity contribution in [1.82, 2.24) is 14.8 Å². The standard InChI is InChI=1S/C19H23N3O3/c1-14-5-9-25-18(14)19(23)22-7-4-17-16(13-22)21(8-10-24-17)12-15-3-2-6-20-11-15/h2-3,5-6,9,11,16-17H,4,7-8,10,12-13H2,1H3/t16-,17-/m0/s1. The number of hydrogen-bond donors (Lipinski definition) is 0. The predicted octanol–water partition coefficient (Wildman–Crippen LogP) is 2.10. The van der Waals surface area contributed by atoms with E-state index in [2.05, 4.69) is 16.0 Å². The molecular weight excluding hydrogens is 318 g/mol. The van der Waals surface area contributed by atoms with Crippen molar-refractivity contribution in [2.45, 2.75) is 32.0 Å². The van der Waals surface area contributed by atoms with Crippen LogP contribution in [0.15, 0.2) is 41.3 Å². The van der Waals surface area contributed by atoms with Crippen LogP contribution in [0, 0.1) is 6.92 Å². The molecule has 0 spiro atoms. The number of carbonyl (C=O) groups is 1. The highest BCUT2D eigenvalue weighted by Crippen LogP contribution is 2.26. The fourth-order valence-corrected chi connectivity index (χ4v) is 3.78. The molecule has 6 heteroatoms. The van der Waals surface area contributed by atoms with E-state index in [1.54, 1.807) is 12.5 Å². The molecule has 25 heavy (non-hydrogen) atoms. The zero-order valence-electron chi connectivity index (χ0n) is 14.4. The van der Waals surface area contributed by atoms with Crippen molar-refractivity contribution in [3.05, 3.63) is 53.7 Å². The van der Waals surface area contributed by atoms with Crippen molar-refractivity contribution in [3.63, 3.8) is 0 Å². The molecule has 4 heterocycles. The summed E-state index contributed by atoms with van der Waals surface area (Å²) in [5.74, 6) is 0.432. The first-order chi connectivity index (χ1) is 12.2. The molecule has 0 aromatic carbocycles. The molecule has 4 rings (SSSR count). The topological polar surface area (TPSA) is 58.8 Å². The third-order valence-electron chi connectivity index (χ3n) is 5.15.